The summed E-state index contributed by atoms with van der Waals surface area (Å²) in [5.74, 6) is 1.66. The Labute approximate surface area is 165 Å². The second-order valence-electron chi connectivity index (χ2n) is 5.27. The van der Waals surface area contributed by atoms with Crippen molar-refractivity contribution in [2.24, 2.45) is 4.99 Å². The highest BCUT2D eigenvalue weighted by molar-refractivity contribution is 14.0. The van der Waals surface area contributed by atoms with E-state index in [1.807, 2.05) is 18.3 Å². The molecular formula is C17H25IN4OS. The van der Waals surface area contributed by atoms with Gasteiger partial charge in [-0.1, -0.05) is 6.07 Å². The summed E-state index contributed by atoms with van der Waals surface area (Å²) in [5, 5.41) is 7.64. The van der Waals surface area contributed by atoms with E-state index in [4.69, 9.17) is 4.74 Å². The van der Waals surface area contributed by atoms with E-state index in [9.17, 15) is 0 Å². The first-order valence-electron chi connectivity index (χ1n) is 7.68. The Kier molecular flexibility index (Phi) is 9.05. The maximum atomic E-state index is 5.31. The molecular weight excluding hydrogens is 435 g/mol. The van der Waals surface area contributed by atoms with Gasteiger partial charge in [0.25, 0.3) is 0 Å². The summed E-state index contributed by atoms with van der Waals surface area (Å²) in [6.07, 6.45) is 1.89. The SMILES string of the molecule is CCNC(=NCc1cc(C)cc(OC)c1)NCc1ncc(C)s1.I. The van der Waals surface area contributed by atoms with Gasteiger partial charge in [-0.05, 0) is 44.0 Å². The molecule has 1 aromatic heterocycles. The van der Waals surface area contributed by atoms with Crippen molar-refractivity contribution in [2.75, 3.05) is 13.7 Å². The molecule has 0 aliphatic rings. The maximum absolute atomic E-state index is 5.31. The smallest absolute Gasteiger partial charge is 0.191 e. The summed E-state index contributed by atoms with van der Waals surface area (Å²) < 4.78 is 5.31. The van der Waals surface area contributed by atoms with Crippen LogP contribution in [-0.2, 0) is 13.1 Å². The topological polar surface area (TPSA) is 58.5 Å². The number of aromatic nitrogens is 1. The van der Waals surface area contributed by atoms with Gasteiger partial charge in [0.15, 0.2) is 5.96 Å². The van der Waals surface area contributed by atoms with Crippen LogP contribution in [0, 0.1) is 13.8 Å². The number of guanidine groups is 1. The van der Waals surface area contributed by atoms with Gasteiger partial charge in [-0.3, -0.25) is 0 Å². The van der Waals surface area contributed by atoms with Crippen LogP contribution in [0.5, 0.6) is 5.75 Å². The van der Waals surface area contributed by atoms with E-state index in [0.29, 0.717) is 13.1 Å². The number of hydrogen-bond acceptors (Lipinski definition) is 4. The van der Waals surface area contributed by atoms with Crippen molar-refractivity contribution in [1.82, 2.24) is 15.6 Å². The van der Waals surface area contributed by atoms with Crippen molar-refractivity contribution in [3.63, 3.8) is 0 Å². The molecule has 0 unspecified atom stereocenters. The first-order valence-corrected chi connectivity index (χ1v) is 8.50. The van der Waals surface area contributed by atoms with Crippen LogP contribution in [0.25, 0.3) is 0 Å². The highest BCUT2D eigenvalue weighted by Crippen LogP contribution is 2.17. The number of aryl methyl sites for hydroxylation is 2. The molecule has 2 rings (SSSR count). The second kappa shape index (κ2) is 10.5. The van der Waals surface area contributed by atoms with Crippen LogP contribution in [0.15, 0.2) is 29.4 Å². The average Bonchev–Trinajstić information content (AvgIpc) is 2.95. The zero-order valence-electron chi connectivity index (χ0n) is 14.5. The predicted octanol–water partition coefficient (Wildman–Crippen LogP) is 3.64. The van der Waals surface area contributed by atoms with Gasteiger partial charge >= 0.3 is 0 Å². The molecule has 0 saturated carbocycles. The van der Waals surface area contributed by atoms with Gasteiger partial charge in [0.1, 0.15) is 10.8 Å². The molecule has 1 aromatic carbocycles. The number of thiazole rings is 1. The van der Waals surface area contributed by atoms with Crippen molar-refractivity contribution in [2.45, 2.75) is 33.9 Å². The van der Waals surface area contributed by atoms with Crippen LogP contribution in [0.1, 0.15) is 27.9 Å². The van der Waals surface area contributed by atoms with E-state index in [1.54, 1.807) is 18.4 Å². The fourth-order valence-corrected chi connectivity index (χ4v) is 2.92. The molecule has 0 radical (unpaired) electrons. The third-order valence-corrected chi connectivity index (χ3v) is 4.10. The molecule has 0 saturated heterocycles. The number of hydrogen-bond donors (Lipinski definition) is 2. The number of ether oxygens (including phenoxy) is 1. The van der Waals surface area contributed by atoms with Crippen LogP contribution in [0.4, 0.5) is 0 Å². The molecule has 0 bridgehead atoms. The molecule has 2 N–H and O–H groups in total. The number of nitrogens with one attached hydrogen (secondary N) is 2. The predicted molar refractivity (Wildman–Crippen MR) is 112 cm³/mol. The quantitative estimate of drug-likeness (QED) is 0.393. The summed E-state index contributed by atoms with van der Waals surface area (Å²) in [5.41, 5.74) is 2.30. The molecule has 24 heavy (non-hydrogen) atoms. The molecule has 132 valence electrons. The van der Waals surface area contributed by atoms with Gasteiger partial charge in [-0.25, -0.2) is 9.98 Å². The van der Waals surface area contributed by atoms with Gasteiger partial charge in [0, 0.05) is 17.6 Å². The number of aliphatic imine (C=N–C) groups is 1. The van der Waals surface area contributed by atoms with Gasteiger partial charge in [-0.2, -0.15) is 0 Å². The number of rotatable bonds is 6. The third-order valence-electron chi connectivity index (χ3n) is 3.19. The standard InChI is InChI=1S/C17H24N4OS.HI/c1-5-18-17(21-11-16-19-9-13(3)23-16)20-10-14-6-12(2)7-15(8-14)22-4;/h6-9H,5,10-11H2,1-4H3,(H2,18,20,21);1H. The van der Waals surface area contributed by atoms with Crippen molar-refractivity contribution in [1.29, 1.82) is 0 Å². The van der Waals surface area contributed by atoms with Crippen molar-refractivity contribution < 1.29 is 4.74 Å². The van der Waals surface area contributed by atoms with Crippen LogP contribution in [0.3, 0.4) is 0 Å². The van der Waals surface area contributed by atoms with E-state index >= 15 is 0 Å². The first-order chi connectivity index (χ1) is 11.1. The lowest BCUT2D eigenvalue weighted by Crippen LogP contribution is -2.36. The van der Waals surface area contributed by atoms with Crippen LogP contribution < -0.4 is 15.4 Å². The largest absolute Gasteiger partial charge is 0.497 e. The zero-order valence-corrected chi connectivity index (χ0v) is 17.7. The number of nitrogens with zero attached hydrogens (tertiary/aromatic N) is 2. The monoisotopic (exact) mass is 460 g/mol. The summed E-state index contributed by atoms with van der Waals surface area (Å²) in [6, 6.07) is 6.16. The Morgan fingerprint density at radius 3 is 2.67 bits per heavy atom. The average molecular weight is 460 g/mol. The van der Waals surface area contributed by atoms with Gasteiger partial charge in [-0.15, -0.1) is 35.3 Å². The first kappa shape index (κ1) is 20.7. The summed E-state index contributed by atoms with van der Waals surface area (Å²) in [4.78, 5) is 10.2. The van der Waals surface area contributed by atoms with E-state index in [0.717, 1.165) is 28.8 Å². The van der Waals surface area contributed by atoms with Crippen LogP contribution >= 0.6 is 35.3 Å². The fourth-order valence-electron chi connectivity index (χ4n) is 2.19. The maximum Gasteiger partial charge on any atom is 0.191 e. The van der Waals surface area contributed by atoms with Crippen molar-refractivity contribution in [3.05, 3.63) is 45.4 Å². The van der Waals surface area contributed by atoms with E-state index in [2.05, 4.69) is 47.4 Å². The summed E-state index contributed by atoms with van der Waals surface area (Å²) in [6.45, 7) is 8.28. The number of benzene rings is 1. The number of halogens is 1. The van der Waals surface area contributed by atoms with Crippen LogP contribution in [-0.4, -0.2) is 24.6 Å². The van der Waals surface area contributed by atoms with Crippen LogP contribution in [0.2, 0.25) is 0 Å². The Balaban J connectivity index is 0.00000288. The Hall–Kier alpha value is -1.35. The minimum Gasteiger partial charge on any atom is -0.497 e. The lowest BCUT2D eigenvalue weighted by Gasteiger charge is -2.10. The minimum absolute atomic E-state index is 0. The molecule has 1 heterocycles. The summed E-state index contributed by atoms with van der Waals surface area (Å²) in [7, 11) is 1.68. The van der Waals surface area contributed by atoms with Crippen molar-refractivity contribution in [3.8, 4) is 5.75 Å². The lowest BCUT2D eigenvalue weighted by molar-refractivity contribution is 0.414. The Morgan fingerprint density at radius 1 is 1.25 bits per heavy atom. The summed E-state index contributed by atoms with van der Waals surface area (Å²) >= 11 is 1.70. The zero-order chi connectivity index (χ0) is 16.7. The van der Waals surface area contributed by atoms with Gasteiger partial charge < -0.3 is 15.4 Å². The highest BCUT2D eigenvalue weighted by atomic mass is 127. The molecule has 0 atom stereocenters. The molecule has 0 amide bonds. The minimum atomic E-state index is 0. The normalized spacial score (nSPS) is 10.9. The Morgan fingerprint density at radius 2 is 2.04 bits per heavy atom. The second-order valence-corrected chi connectivity index (χ2v) is 6.59. The highest BCUT2D eigenvalue weighted by Gasteiger charge is 2.03. The van der Waals surface area contributed by atoms with Crippen molar-refractivity contribution >= 4 is 41.3 Å². The third kappa shape index (κ3) is 6.64. The lowest BCUT2D eigenvalue weighted by atomic mass is 10.1. The van der Waals surface area contributed by atoms with E-state index in [-0.39, 0.29) is 24.0 Å². The molecule has 0 fully saturated rings. The van der Waals surface area contributed by atoms with E-state index in [1.165, 1.54) is 10.4 Å². The van der Waals surface area contributed by atoms with Gasteiger partial charge in [0.05, 0.1) is 20.2 Å². The molecule has 0 spiro atoms. The molecule has 7 heteroatoms. The Bertz CT molecular complexity index is 672. The molecule has 2 aromatic rings. The fraction of sp³-hybridized carbons (Fsp3) is 0.412. The molecule has 0 aliphatic carbocycles. The van der Waals surface area contributed by atoms with Gasteiger partial charge in [0.2, 0.25) is 0 Å². The molecule has 0 aliphatic heterocycles. The van der Waals surface area contributed by atoms with E-state index < -0.39 is 0 Å². The number of methoxy groups -OCH3 is 1. The molecule has 5 nitrogen and oxygen atoms in total.